The average molecular weight is 253 g/mol. The summed E-state index contributed by atoms with van der Waals surface area (Å²) in [6, 6.07) is 5.19. The summed E-state index contributed by atoms with van der Waals surface area (Å²) < 4.78 is 4.95. The number of nitrogens with one attached hydrogen (secondary N) is 1. The van der Waals surface area contributed by atoms with Crippen LogP contribution in [0.1, 0.15) is 16.8 Å². The number of amides is 1. The molecule has 1 amide bonds. The molecule has 0 aromatic heterocycles. The molecule has 0 aliphatic carbocycles. The predicted molar refractivity (Wildman–Crippen MR) is 63.6 cm³/mol. The van der Waals surface area contributed by atoms with Crippen molar-refractivity contribution in [3.63, 3.8) is 0 Å². The molecule has 98 valence electrons. The Morgan fingerprint density at radius 1 is 1.33 bits per heavy atom. The van der Waals surface area contributed by atoms with Crippen LogP contribution >= 0.6 is 0 Å². The minimum Gasteiger partial charge on any atom is -0.497 e. The Kier molecular flexibility index (Phi) is 5.13. The number of benzene rings is 1. The van der Waals surface area contributed by atoms with Gasteiger partial charge in [0, 0.05) is 18.6 Å². The van der Waals surface area contributed by atoms with E-state index in [2.05, 4.69) is 5.32 Å². The van der Waals surface area contributed by atoms with Crippen LogP contribution < -0.4 is 10.1 Å². The highest BCUT2D eigenvalue weighted by Crippen LogP contribution is 2.11. The molecule has 1 rings (SSSR count). The van der Waals surface area contributed by atoms with E-state index in [1.54, 1.807) is 12.1 Å². The van der Waals surface area contributed by atoms with Gasteiger partial charge in [-0.15, -0.1) is 0 Å². The first kappa shape index (κ1) is 14.0. The first-order valence-electron chi connectivity index (χ1n) is 5.37. The molecule has 0 saturated heterocycles. The van der Waals surface area contributed by atoms with Crippen LogP contribution in [0.3, 0.4) is 0 Å². The van der Waals surface area contributed by atoms with Crippen LogP contribution in [0.15, 0.2) is 24.3 Å². The molecule has 0 heterocycles. The third-order valence-corrected chi connectivity index (χ3v) is 2.37. The summed E-state index contributed by atoms with van der Waals surface area (Å²) >= 11 is 0. The van der Waals surface area contributed by atoms with Crippen molar-refractivity contribution in [2.45, 2.75) is 12.5 Å². The van der Waals surface area contributed by atoms with Crippen LogP contribution in [0.25, 0.3) is 0 Å². The van der Waals surface area contributed by atoms with Gasteiger partial charge < -0.3 is 20.3 Å². The normalized spacial score (nSPS) is 11.7. The molecular weight excluding hydrogens is 238 g/mol. The molecule has 3 N–H and O–H groups in total. The lowest BCUT2D eigenvalue weighted by Crippen LogP contribution is -2.41. The fraction of sp³-hybridized carbons (Fsp3) is 0.333. The molecular formula is C12H15NO5. The van der Waals surface area contributed by atoms with E-state index in [0.717, 1.165) is 0 Å². The molecule has 0 radical (unpaired) electrons. The van der Waals surface area contributed by atoms with Gasteiger partial charge in [-0.2, -0.15) is 0 Å². The number of aliphatic hydroxyl groups excluding tert-OH is 1. The van der Waals surface area contributed by atoms with Gasteiger partial charge >= 0.3 is 5.97 Å². The second kappa shape index (κ2) is 6.61. The minimum atomic E-state index is -1.18. The Morgan fingerprint density at radius 3 is 2.39 bits per heavy atom. The third kappa shape index (κ3) is 3.74. The second-order valence-electron chi connectivity index (χ2n) is 3.61. The molecule has 0 aliphatic rings. The molecule has 6 heteroatoms. The van der Waals surface area contributed by atoms with E-state index in [-0.39, 0.29) is 13.0 Å². The van der Waals surface area contributed by atoms with E-state index < -0.39 is 17.9 Å². The number of carbonyl (C=O) groups is 2. The number of aliphatic hydroxyl groups is 1. The summed E-state index contributed by atoms with van der Waals surface area (Å²) in [5, 5.41) is 19.9. The zero-order chi connectivity index (χ0) is 13.5. The number of hydrogen-bond acceptors (Lipinski definition) is 4. The molecule has 0 saturated carbocycles. The summed E-state index contributed by atoms with van der Waals surface area (Å²) in [6.45, 7) is -0.306. The molecule has 0 bridgehead atoms. The number of carboxylic acid groups (broad SMARTS) is 1. The predicted octanol–water partition coefficient (Wildman–Crippen LogP) is 0.261. The van der Waals surface area contributed by atoms with Gasteiger partial charge in [-0.3, -0.25) is 4.79 Å². The van der Waals surface area contributed by atoms with Crippen molar-refractivity contribution >= 4 is 11.9 Å². The number of methoxy groups -OCH3 is 1. The topological polar surface area (TPSA) is 95.9 Å². The first-order valence-corrected chi connectivity index (χ1v) is 5.37. The SMILES string of the molecule is COc1ccc(C(=O)N[C@H](CCO)C(=O)O)cc1. The largest absolute Gasteiger partial charge is 0.497 e. The number of carboxylic acids is 1. The molecule has 1 aromatic carbocycles. The van der Waals surface area contributed by atoms with E-state index in [4.69, 9.17) is 14.9 Å². The quantitative estimate of drug-likeness (QED) is 0.676. The number of carbonyl (C=O) groups excluding carboxylic acids is 1. The lowest BCUT2D eigenvalue weighted by molar-refractivity contribution is -0.139. The molecule has 0 fully saturated rings. The molecule has 1 atom stereocenters. The van der Waals surface area contributed by atoms with E-state index in [1.807, 2.05) is 0 Å². The highest BCUT2D eigenvalue weighted by molar-refractivity contribution is 5.96. The second-order valence-corrected chi connectivity index (χ2v) is 3.61. The van der Waals surface area contributed by atoms with Crippen LogP contribution in [0.5, 0.6) is 5.75 Å². The molecule has 0 unspecified atom stereocenters. The third-order valence-electron chi connectivity index (χ3n) is 2.37. The number of aliphatic carboxylic acids is 1. The smallest absolute Gasteiger partial charge is 0.326 e. The molecule has 0 spiro atoms. The van der Waals surface area contributed by atoms with E-state index in [0.29, 0.717) is 11.3 Å². The fourth-order valence-electron chi connectivity index (χ4n) is 1.37. The van der Waals surface area contributed by atoms with Crippen LogP contribution in [0, 0.1) is 0 Å². The van der Waals surface area contributed by atoms with Crippen molar-refractivity contribution in [1.29, 1.82) is 0 Å². The first-order chi connectivity index (χ1) is 8.58. The zero-order valence-corrected chi connectivity index (χ0v) is 9.92. The number of hydrogen-bond donors (Lipinski definition) is 3. The summed E-state index contributed by atoms with van der Waals surface area (Å²) in [4.78, 5) is 22.5. The van der Waals surface area contributed by atoms with Gasteiger partial charge in [0.15, 0.2) is 0 Å². The van der Waals surface area contributed by atoms with Crippen molar-refractivity contribution in [3.8, 4) is 5.75 Å². The van der Waals surface area contributed by atoms with Crippen LogP contribution in [0.2, 0.25) is 0 Å². The molecule has 0 aliphatic heterocycles. The van der Waals surface area contributed by atoms with Crippen molar-refractivity contribution in [3.05, 3.63) is 29.8 Å². The van der Waals surface area contributed by atoms with Crippen molar-refractivity contribution < 1.29 is 24.5 Å². The minimum absolute atomic E-state index is 0.0305. The van der Waals surface area contributed by atoms with Gasteiger partial charge in [-0.1, -0.05) is 0 Å². The average Bonchev–Trinajstić information content (AvgIpc) is 2.38. The fourth-order valence-corrected chi connectivity index (χ4v) is 1.37. The summed E-state index contributed by atoms with van der Waals surface area (Å²) in [5.41, 5.74) is 0.333. The molecule has 6 nitrogen and oxygen atoms in total. The number of ether oxygens (including phenoxy) is 1. The Hall–Kier alpha value is -2.08. The summed E-state index contributed by atoms with van der Waals surface area (Å²) in [5.74, 6) is -1.07. The van der Waals surface area contributed by atoms with Crippen LogP contribution in [-0.2, 0) is 4.79 Å². The molecule has 1 aromatic rings. The van der Waals surface area contributed by atoms with E-state index in [9.17, 15) is 9.59 Å². The lowest BCUT2D eigenvalue weighted by atomic mass is 10.1. The highest BCUT2D eigenvalue weighted by atomic mass is 16.5. The van der Waals surface area contributed by atoms with Gasteiger partial charge in [-0.05, 0) is 24.3 Å². The highest BCUT2D eigenvalue weighted by Gasteiger charge is 2.19. The maximum atomic E-state index is 11.7. The lowest BCUT2D eigenvalue weighted by Gasteiger charge is -2.13. The van der Waals surface area contributed by atoms with Gasteiger partial charge in [0.2, 0.25) is 0 Å². The summed E-state index contributed by atoms with van der Waals surface area (Å²) in [6.07, 6.45) is -0.0305. The Labute approximate surface area is 104 Å². The van der Waals surface area contributed by atoms with Crippen molar-refractivity contribution in [1.82, 2.24) is 5.32 Å². The Morgan fingerprint density at radius 2 is 1.94 bits per heavy atom. The number of rotatable bonds is 6. The Balaban J connectivity index is 2.70. The van der Waals surface area contributed by atoms with Crippen molar-refractivity contribution in [2.24, 2.45) is 0 Å². The molecule has 18 heavy (non-hydrogen) atoms. The van der Waals surface area contributed by atoms with Crippen LogP contribution in [-0.4, -0.2) is 41.8 Å². The van der Waals surface area contributed by atoms with Crippen LogP contribution in [0.4, 0.5) is 0 Å². The summed E-state index contributed by atoms with van der Waals surface area (Å²) in [7, 11) is 1.51. The monoisotopic (exact) mass is 253 g/mol. The maximum Gasteiger partial charge on any atom is 0.326 e. The van der Waals surface area contributed by atoms with E-state index >= 15 is 0 Å². The van der Waals surface area contributed by atoms with Gasteiger partial charge in [0.1, 0.15) is 11.8 Å². The van der Waals surface area contributed by atoms with Crippen molar-refractivity contribution in [2.75, 3.05) is 13.7 Å². The Bertz CT molecular complexity index is 415. The maximum absolute atomic E-state index is 11.7. The van der Waals surface area contributed by atoms with Gasteiger partial charge in [0.05, 0.1) is 7.11 Å². The standard InChI is InChI=1S/C12H15NO5/c1-18-9-4-2-8(3-5-9)11(15)13-10(6-7-14)12(16)17/h2-5,10,14H,6-7H2,1H3,(H,13,15)(H,16,17)/t10-/m1/s1. The van der Waals surface area contributed by atoms with Gasteiger partial charge in [0.25, 0.3) is 5.91 Å². The van der Waals surface area contributed by atoms with Gasteiger partial charge in [-0.25, -0.2) is 4.79 Å². The zero-order valence-electron chi connectivity index (χ0n) is 9.92. The van der Waals surface area contributed by atoms with E-state index in [1.165, 1.54) is 19.2 Å².